The minimum Gasteiger partial charge on any atom is -0.371 e. The highest BCUT2D eigenvalue weighted by Crippen LogP contribution is 2.32. The molecule has 6 nitrogen and oxygen atoms in total. The number of carbonyl (C=O) groups excluding carboxylic acids is 1. The Kier molecular flexibility index (Phi) is 4.42. The van der Waals surface area contributed by atoms with Gasteiger partial charge in [-0.3, -0.25) is 0 Å². The molecule has 0 bridgehead atoms. The molecule has 1 aliphatic rings. The van der Waals surface area contributed by atoms with Crippen LogP contribution >= 0.6 is 0 Å². The van der Waals surface area contributed by atoms with Gasteiger partial charge in [0.05, 0.1) is 11.7 Å². The Hall–Kier alpha value is -2.08. The van der Waals surface area contributed by atoms with Crippen LogP contribution in [0.15, 0.2) is 35.9 Å². The summed E-state index contributed by atoms with van der Waals surface area (Å²) in [4.78, 5) is 15.4. The summed E-state index contributed by atoms with van der Waals surface area (Å²) in [6.45, 7) is 13.7. The number of aliphatic hydroxyl groups is 1. The average Bonchev–Trinajstić information content (AvgIpc) is 2.98. The third kappa shape index (κ3) is 2.78. The molecule has 1 fully saturated rings. The number of carbonyl (C=O) groups is 1. The number of aromatic nitrogens is 1. The van der Waals surface area contributed by atoms with E-state index in [0.29, 0.717) is 13.0 Å². The molecule has 2 heterocycles. The molecule has 2 rings (SSSR count). The molecule has 22 heavy (non-hydrogen) atoms. The Morgan fingerprint density at radius 3 is 2.59 bits per heavy atom. The van der Waals surface area contributed by atoms with Crippen LogP contribution in [0.25, 0.3) is 0 Å². The molecule has 2 atom stereocenters. The summed E-state index contributed by atoms with van der Waals surface area (Å²) in [6.07, 6.45) is 2.79. The summed E-state index contributed by atoms with van der Waals surface area (Å²) in [5, 5.41) is 14.5. The van der Waals surface area contributed by atoms with Crippen molar-refractivity contribution in [2.24, 2.45) is 0 Å². The largest absolute Gasteiger partial charge is 0.371 e. The minimum atomic E-state index is -1.01. The molecule has 2 amide bonds. The van der Waals surface area contributed by atoms with Crippen LogP contribution in [0, 0.1) is 0 Å². The van der Waals surface area contributed by atoms with Gasteiger partial charge in [-0.2, -0.15) is 0 Å². The Balaban J connectivity index is 2.34. The lowest BCUT2D eigenvalue weighted by atomic mass is 9.92. The number of amides is 2. The van der Waals surface area contributed by atoms with Crippen LogP contribution in [0.5, 0.6) is 0 Å². The van der Waals surface area contributed by atoms with Crippen LogP contribution in [0.2, 0.25) is 0 Å². The predicted octanol–water partition coefficient (Wildman–Crippen LogP) is 2.66. The molecule has 0 aliphatic carbocycles. The molecule has 2 unspecified atom stereocenters. The summed E-state index contributed by atoms with van der Waals surface area (Å²) in [5.41, 5.74) is 0.529. The first-order valence-corrected chi connectivity index (χ1v) is 7.28. The van der Waals surface area contributed by atoms with Gasteiger partial charge in [0.2, 0.25) is 5.88 Å². The topological polar surface area (TPSA) is 69.8 Å². The van der Waals surface area contributed by atoms with E-state index in [1.807, 2.05) is 20.8 Å². The second kappa shape index (κ2) is 5.96. The van der Waals surface area contributed by atoms with Crippen molar-refractivity contribution in [2.75, 3.05) is 11.4 Å². The highest BCUT2D eigenvalue weighted by Gasteiger charge is 2.46. The molecule has 6 heteroatoms. The third-order valence-electron chi connectivity index (χ3n) is 3.70. The van der Waals surface area contributed by atoms with Crippen molar-refractivity contribution in [1.29, 1.82) is 0 Å². The predicted molar refractivity (Wildman–Crippen MR) is 84.6 cm³/mol. The first kappa shape index (κ1) is 16.3. The quantitative estimate of drug-likeness (QED) is 0.849. The van der Waals surface area contributed by atoms with Crippen molar-refractivity contribution in [3.05, 3.63) is 37.1 Å². The Morgan fingerprint density at radius 2 is 2.09 bits per heavy atom. The van der Waals surface area contributed by atoms with Crippen molar-refractivity contribution < 1.29 is 14.4 Å². The third-order valence-corrected chi connectivity index (χ3v) is 3.70. The lowest BCUT2D eigenvalue weighted by Gasteiger charge is -2.21. The Morgan fingerprint density at radius 1 is 1.41 bits per heavy atom. The molecule has 1 N–H and O–H groups in total. The van der Waals surface area contributed by atoms with E-state index < -0.39 is 6.23 Å². The molecular formula is C16H23N3O3. The van der Waals surface area contributed by atoms with E-state index in [-0.39, 0.29) is 23.4 Å². The molecular weight excluding hydrogens is 282 g/mol. The van der Waals surface area contributed by atoms with Crippen molar-refractivity contribution in [3.8, 4) is 0 Å². The highest BCUT2D eigenvalue weighted by molar-refractivity contribution is 5.94. The molecule has 0 saturated carbocycles. The standard InChI is InChI=1S/C16H23N3O3/c1-6-8-11-14(20)19(15(21)18(11)9-7-2)13-10-12(17-22-13)16(3,4)5/h6-7,10-11,14,20H,1-2,8-9H2,3-5H3. The second-order valence-electron chi connectivity index (χ2n) is 6.40. The highest BCUT2D eigenvalue weighted by atomic mass is 16.5. The van der Waals surface area contributed by atoms with E-state index in [2.05, 4.69) is 18.3 Å². The van der Waals surface area contributed by atoms with E-state index >= 15 is 0 Å². The van der Waals surface area contributed by atoms with Gasteiger partial charge in [0.1, 0.15) is 0 Å². The van der Waals surface area contributed by atoms with Gasteiger partial charge in [-0.25, -0.2) is 9.69 Å². The maximum atomic E-state index is 12.6. The van der Waals surface area contributed by atoms with Crippen LogP contribution in [-0.2, 0) is 5.41 Å². The first-order valence-electron chi connectivity index (χ1n) is 7.28. The second-order valence-corrected chi connectivity index (χ2v) is 6.40. The number of nitrogens with zero attached hydrogens (tertiary/aromatic N) is 3. The summed E-state index contributed by atoms with van der Waals surface area (Å²) in [7, 11) is 0. The molecule has 0 radical (unpaired) electrons. The van der Waals surface area contributed by atoms with E-state index in [1.54, 1.807) is 23.1 Å². The molecule has 1 saturated heterocycles. The number of hydrogen-bond acceptors (Lipinski definition) is 4. The van der Waals surface area contributed by atoms with Gasteiger partial charge in [0.15, 0.2) is 6.23 Å². The number of urea groups is 1. The zero-order valence-corrected chi connectivity index (χ0v) is 13.3. The maximum absolute atomic E-state index is 12.6. The summed E-state index contributed by atoms with van der Waals surface area (Å²) >= 11 is 0. The van der Waals surface area contributed by atoms with Gasteiger partial charge in [0, 0.05) is 18.0 Å². The lowest BCUT2D eigenvalue weighted by Crippen LogP contribution is -2.36. The van der Waals surface area contributed by atoms with Crippen molar-refractivity contribution in [2.45, 2.75) is 44.9 Å². The van der Waals surface area contributed by atoms with Gasteiger partial charge in [0.25, 0.3) is 0 Å². The fourth-order valence-electron chi connectivity index (χ4n) is 2.46. The van der Waals surface area contributed by atoms with Crippen LogP contribution < -0.4 is 4.90 Å². The zero-order valence-electron chi connectivity index (χ0n) is 13.3. The summed E-state index contributed by atoms with van der Waals surface area (Å²) in [5.74, 6) is 0.253. The molecule has 0 spiro atoms. The maximum Gasteiger partial charge on any atom is 0.329 e. The Labute approximate surface area is 130 Å². The van der Waals surface area contributed by atoms with Crippen LogP contribution in [-0.4, -0.2) is 40.0 Å². The molecule has 1 aliphatic heterocycles. The van der Waals surface area contributed by atoms with Gasteiger partial charge in [-0.05, 0) is 6.42 Å². The van der Waals surface area contributed by atoms with Crippen LogP contribution in [0.4, 0.5) is 10.7 Å². The minimum absolute atomic E-state index is 0.198. The number of hydrogen-bond donors (Lipinski definition) is 1. The Bertz CT molecular complexity index is 573. The SMILES string of the molecule is C=CCC1C(O)N(c2cc(C(C)(C)C)no2)C(=O)N1CC=C. The van der Waals surface area contributed by atoms with Crippen LogP contribution in [0.1, 0.15) is 32.9 Å². The van der Waals surface area contributed by atoms with Gasteiger partial charge >= 0.3 is 6.03 Å². The van der Waals surface area contributed by atoms with E-state index in [1.165, 1.54) is 4.90 Å². The molecule has 1 aromatic rings. The fraction of sp³-hybridized carbons (Fsp3) is 0.500. The zero-order chi connectivity index (χ0) is 16.5. The first-order chi connectivity index (χ1) is 10.3. The van der Waals surface area contributed by atoms with E-state index in [0.717, 1.165) is 5.69 Å². The van der Waals surface area contributed by atoms with Gasteiger partial charge in [-0.15, -0.1) is 13.2 Å². The summed E-state index contributed by atoms with van der Waals surface area (Å²) in [6, 6.07) is 0.991. The van der Waals surface area contributed by atoms with Gasteiger partial charge in [-0.1, -0.05) is 38.1 Å². The summed E-state index contributed by atoms with van der Waals surface area (Å²) < 4.78 is 5.29. The lowest BCUT2D eigenvalue weighted by molar-refractivity contribution is 0.122. The molecule has 120 valence electrons. The fourth-order valence-corrected chi connectivity index (χ4v) is 2.46. The van der Waals surface area contributed by atoms with Crippen LogP contribution in [0.3, 0.4) is 0 Å². The molecule has 1 aromatic heterocycles. The number of rotatable bonds is 5. The van der Waals surface area contributed by atoms with Crippen molar-refractivity contribution in [1.82, 2.24) is 10.1 Å². The van der Waals surface area contributed by atoms with E-state index in [9.17, 15) is 9.90 Å². The smallest absolute Gasteiger partial charge is 0.329 e. The number of anilines is 1. The normalized spacial score (nSPS) is 22.3. The van der Waals surface area contributed by atoms with Gasteiger partial charge < -0.3 is 14.5 Å². The van der Waals surface area contributed by atoms with Crippen molar-refractivity contribution >= 4 is 11.9 Å². The average molecular weight is 305 g/mol. The number of aliphatic hydroxyl groups excluding tert-OH is 1. The van der Waals surface area contributed by atoms with Crippen molar-refractivity contribution in [3.63, 3.8) is 0 Å². The monoisotopic (exact) mass is 305 g/mol. The van der Waals surface area contributed by atoms with E-state index in [4.69, 9.17) is 4.52 Å². The molecule has 0 aromatic carbocycles.